The Hall–Kier alpha value is -6.13. The van der Waals surface area contributed by atoms with Crippen molar-refractivity contribution in [1.82, 2.24) is 15.0 Å². The van der Waals surface area contributed by atoms with Gasteiger partial charge in [0, 0.05) is 52.3 Å². The van der Waals surface area contributed by atoms with Crippen LogP contribution in [-0.4, -0.2) is 15.0 Å². The van der Waals surface area contributed by atoms with E-state index in [0.717, 1.165) is 88.6 Å². The number of aromatic nitrogens is 3. The maximum atomic E-state index is 6.78. The maximum absolute atomic E-state index is 6.78. The maximum Gasteiger partial charge on any atom is 0.145 e. The summed E-state index contributed by atoms with van der Waals surface area (Å²) in [7, 11) is 0. The first-order valence-electron chi connectivity index (χ1n) is 15.0. The van der Waals surface area contributed by atoms with Crippen LogP contribution < -0.4 is 0 Å². The third kappa shape index (κ3) is 4.19. The molecule has 2 aliphatic heterocycles. The molecule has 2 aliphatic rings. The zero-order valence-corrected chi connectivity index (χ0v) is 24.2. The van der Waals surface area contributed by atoms with E-state index in [9.17, 15) is 0 Å². The summed E-state index contributed by atoms with van der Waals surface area (Å²) in [6.45, 7) is 0. The van der Waals surface area contributed by atoms with Gasteiger partial charge in [-0.25, -0.2) is 4.98 Å². The molecule has 45 heavy (non-hydrogen) atoms. The molecule has 0 unspecified atom stereocenters. The molecule has 0 amide bonds. The van der Waals surface area contributed by atoms with Crippen LogP contribution in [0.1, 0.15) is 0 Å². The number of benzene rings is 5. The summed E-state index contributed by atoms with van der Waals surface area (Å²) >= 11 is 0. The van der Waals surface area contributed by atoms with Crippen molar-refractivity contribution in [3.05, 3.63) is 152 Å². The predicted octanol–water partition coefficient (Wildman–Crippen LogP) is 10.7. The van der Waals surface area contributed by atoms with Crippen molar-refractivity contribution in [1.29, 1.82) is 0 Å². The number of hydrogen-bond donors (Lipinski definition) is 0. The fraction of sp³-hybridized carbons (Fsp3) is 0. The molecular formula is C41H25N3O. The van der Waals surface area contributed by atoms with E-state index in [1.807, 2.05) is 61.2 Å². The molecule has 7 aromatic rings. The Morgan fingerprint density at radius 3 is 1.71 bits per heavy atom. The van der Waals surface area contributed by atoms with Gasteiger partial charge in [0.1, 0.15) is 11.3 Å². The molecule has 210 valence electrons. The SMILES string of the molecule is c1cncc(-c2cc(-c3cccnc3)cc(-c3ccc(-c4oc5ccccc5c5nc6ccccc6c4-5)c4ccccc34)c2)c1. The number of para-hydroxylation sites is 2. The molecule has 0 atom stereocenters. The van der Waals surface area contributed by atoms with Gasteiger partial charge >= 0.3 is 0 Å². The van der Waals surface area contributed by atoms with Crippen LogP contribution in [-0.2, 0) is 0 Å². The molecular weight excluding hydrogens is 550 g/mol. The third-order valence-electron chi connectivity index (χ3n) is 8.63. The Labute approximate surface area is 259 Å². The number of fused-ring (bicyclic) bond motifs is 6. The summed E-state index contributed by atoms with van der Waals surface area (Å²) < 4.78 is 6.78. The first kappa shape index (κ1) is 25.4. The first-order valence-corrected chi connectivity index (χ1v) is 15.0. The Morgan fingerprint density at radius 1 is 0.444 bits per heavy atom. The molecule has 0 bridgehead atoms. The Kier molecular flexibility index (Phi) is 5.78. The monoisotopic (exact) mass is 575 g/mol. The third-order valence-corrected chi connectivity index (χ3v) is 8.63. The van der Waals surface area contributed by atoms with E-state index in [-0.39, 0.29) is 0 Å². The zero-order chi connectivity index (χ0) is 29.7. The number of rotatable bonds is 4. The molecule has 4 nitrogen and oxygen atoms in total. The molecule has 2 aromatic heterocycles. The van der Waals surface area contributed by atoms with E-state index in [0.29, 0.717) is 0 Å². The van der Waals surface area contributed by atoms with Gasteiger partial charge in [0.2, 0.25) is 0 Å². The van der Waals surface area contributed by atoms with Crippen molar-refractivity contribution < 1.29 is 4.42 Å². The normalized spacial score (nSPS) is 11.6. The summed E-state index contributed by atoms with van der Waals surface area (Å²) in [4.78, 5) is 13.9. The Morgan fingerprint density at radius 2 is 1.02 bits per heavy atom. The van der Waals surface area contributed by atoms with Crippen LogP contribution in [0.2, 0.25) is 0 Å². The van der Waals surface area contributed by atoms with Gasteiger partial charge in [-0.1, -0.05) is 72.8 Å². The molecule has 0 aliphatic carbocycles. The fourth-order valence-electron chi connectivity index (χ4n) is 6.55. The lowest BCUT2D eigenvalue weighted by Gasteiger charge is -2.16. The molecule has 4 heteroatoms. The topological polar surface area (TPSA) is 51.8 Å². The second-order valence-corrected chi connectivity index (χ2v) is 11.3. The van der Waals surface area contributed by atoms with E-state index in [2.05, 4.69) is 101 Å². The van der Waals surface area contributed by atoms with Crippen LogP contribution in [0.3, 0.4) is 0 Å². The second-order valence-electron chi connectivity index (χ2n) is 11.3. The summed E-state index contributed by atoms with van der Waals surface area (Å²) in [5.41, 5.74) is 11.5. The predicted molar refractivity (Wildman–Crippen MR) is 183 cm³/mol. The number of nitrogens with zero attached hydrogens (tertiary/aromatic N) is 3. The summed E-state index contributed by atoms with van der Waals surface area (Å²) in [5.74, 6) is 0.834. The molecule has 4 heterocycles. The average molecular weight is 576 g/mol. The smallest absolute Gasteiger partial charge is 0.145 e. The van der Waals surface area contributed by atoms with Crippen LogP contribution in [0, 0.1) is 0 Å². The number of hydrogen-bond acceptors (Lipinski definition) is 4. The van der Waals surface area contributed by atoms with Crippen molar-refractivity contribution in [2.75, 3.05) is 0 Å². The number of pyridine rings is 2. The lowest BCUT2D eigenvalue weighted by atomic mass is 9.89. The molecule has 0 N–H and O–H groups in total. The highest BCUT2D eigenvalue weighted by Crippen LogP contribution is 2.47. The minimum Gasteiger partial charge on any atom is -0.455 e. The van der Waals surface area contributed by atoms with Crippen LogP contribution in [0.15, 0.2) is 157 Å². The van der Waals surface area contributed by atoms with Gasteiger partial charge in [0.25, 0.3) is 0 Å². The standard InChI is InChI=1S/C41H25N3O/c1-2-12-33-32(11-1)31(30-22-28(26-9-7-19-42-24-26)21-29(23-30)27-10-8-20-43-25-27)17-18-34(33)41-39-35-13-3-5-15-37(35)44-40(39)36-14-4-6-16-38(36)45-41/h1-25H. The van der Waals surface area contributed by atoms with Gasteiger partial charge in [0.15, 0.2) is 0 Å². The average Bonchev–Trinajstić information content (AvgIpc) is 3.52. The van der Waals surface area contributed by atoms with E-state index in [1.54, 1.807) is 0 Å². The summed E-state index contributed by atoms with van der Waals surface area (Å²) in [6, 6.07) is 44.4. The van der Waals surface area contributed by atoms with Gasteiger partial charge in [-0.05, 0) is 87.6 Å². The van der Waals surface area contributed by atoms with Crippen molar-refractivity contribution in [2.45, 2.75) is 0 Å². The van der Waals surface area contributed by atoms with Crippen LogP contribution in [0.5, 0.6) is 0 Å². The molecule has 0 spiro atoms. The highest BCUT2D eigenvalue weighted by molar-refractivity contribution is 6.14. The largest absolute Gasteiger partial charge is 0.455 e. The minimum atomic E-state index is 0.821. The lowest BCUT2D eigenvalue weighted by Crippen LogP contribution is -1.92. The Bertz CT molecular complexity index is 2420. The van der Waals surface area contributed by atoms with Gasteiger partial charge in [-0.2, -0.15) is 0 Å². The van der Waals surface area contributed by atoms with Gasteiger partial charge in [-0.3, -0.25) is 9.97 Å². The highest BCUT2D eigenvalue weighted by atomic mass is 16.3. The molecule has 0 saturated carbocycles. The quantitative estimate of drug-likeness (QED) is 0.209. The van der Waals surface area contributed by atoms with Crippen molar-refractivity contribution in [2.24, 2.45) is 0 Å². The Balaban J connectivity index is 1.31. The van der Waals surface area contributed by atoms with Crippen molar-refractivity contribution in [3.8, 4) is 56.0 Å². The van der Waals surface area contributed by atoms with E-state index in [1.165, 1.54) is 0 Å². The van der Waals surface area contributed by atoms with Crippen molar-refractivity contribution in [3.63, 3.8) is 0 Å². The van der Waals surface area contributed by atoms with Crippen LogP contribution >= 0.6 is 0 Å². The lowest BCUT2D eigenvalue weighted by molar-refractivity contribution is 0.622. The van der Waals surface area contributed by atoms with E-state index >= 15 is 0 Å². The molecule has 5 aromatic carbocycles. The molecule has 0 radical (unpaired) electrons. The van der Waals surface area contributed by atoms with E-state index in [4.69, 9.17) is 9.40 Å². The first-order chi connectivity index (χ1) is 22.3. The molecule has 0 saturated heterocycles. The molecule has 0 fully saturated rings. The van der Waals surface area contributed by atoms with E-state index < -0.39 is 0 Å². The van der Waals surface area contributed by atoms with Crippen LogP contribution in [0.25, 0.3) is 88.6 Å². The van der Waals surface area contributed by atoms with Gasteiger partial charge < -0.3 is 4.42 Å². The van der Waals surface area contributed by atoms with Gasteiger partial charge in [0.05, 0.1) is 16.8 Å². The highest BCUT2D eigenvalue weighted by Gasteiger charge is 2.24. The summed E-state index contributed by atoms with van der Waals surface area (Å²) in [5, 5.41) is 4.38. The molecule has 9 rings (SSSR count). The minimum absolute atomic E-state index is 0.821. The van der Waals surface area contributed by atoms with Crippen molar-refractivity contribution >= 4 is 32.6 Å². The fourth-order valence-corrected chi connectivity index (χ4v) is 6.55. The summed E-state index contributed by atoms with van der Waals surface area (Å²) in [6.07, 6.45) is 7.44. The van der Waals surface area contributed by atoms with Crippen LogP contribution in [0.4, 0.5) is 0 Å². The zero-order valence-electron chi connectivity index (χ0n) is 24.2. The second kappa shape index (κ2) is 10.2. The van der Waals surface area contributed by atoms with Gasteiger partial charge in [-0.15, -0.1) is 0 Å².